The number of anilines is 1. The molecule has 0 saturated heterocycles. The molecule has 168 valence electrons. The molecule has 2 N–H and O–H groups in total. The summed E-state index contributed by atoms with van der Waals surface area (Å²) >= 11 is 0. The van der Waals surface area contributed by atoms with Crippen molar-refractivity contribution >= 4 is 22.6 Å². The van der Waals surface area contributed by atoms with Crippen LogP contribution in [0.15, 0.2) is 73.2 Å². The van der Waals surface area contributed by atoms with E-state index in [4.69, 9.17) is 0 Å². The Labute approximate surface area is 187 Å². The normalized spacial score (nSPS) is 11.4. The SMILES string of the molecule is O=C(NCCCNc1ccc(C(F)(F)F)cn1)c1cc(-c2ccncc2)nc2ccccc12. The summed E-state index contributed by atoms with van der Waals surface area (Å²) in [5.74, 6) is 0.119. The molecule has 0 aliphatic rings. The fourth-order valence-corrected chi connectivity index (χ4v) is 3.30. The summed E-state index contributed by atoms with van der Waals surface area (Å²) in [7, 11) is 0. The lowest BCUT2D eigenvalue weighted by Crippen LogP contribution is -2.26. The fraction of sp³-hybridized carbons (Fsp3) is 0.167. The van der Waals surface area contributed by atoms with Gasteiger partial charge in [-0.25, -0.2) is 9.97 Å². The van der Waals surface area contributed by atoms with Gasteiger partial charge in [-0.3, -0.25) is 9.78 Å². The van der Waals surface area contributed by atoms with Crippen LogP contribution < -0.4 is 10.6 Å². The number of nitrogens with zero attached hydrogens (tertiary/aromatic N) is 3. The van der Waals surface area contributed by atoms with E-state index in [9.17, 15) is 18.0 Å². The molecule has 0 bridgehead atoms. The number of hydrogen-bond donors (Lipinski definition) is 2. The van der Waals surface area contributed by atoms with Gasteiger partial charge in [0, 0.05) is 42.6 Å². The van der Waals surface area contributed by atoms with Crippen LogP contribution in [0.25, 0.3) is 22.2 Å². The van der Waals surface area contributed by atoms with Crippen LogP contribution in [0.4, 0.5) is 19.0 Å². The van der Waals surface area contributed by atoms with Crippen LogP contribution in [-0.2, 0) is 6.18 Å². The number of carbonyl (C=O) groups excluding carboxylic acids is 1. The smallest absolute Gasteiger partial charge is 0.370 e. The summed E-state index contributed by atoms with van der Waals surface area (Å²) in [4.78, 5) is 25.4. The number of carbonyl (C=O) groups is 1. The molecule has 0 spiro atoms. The molecule has 3 heterocycles. The van der Waals surface area contributed by atoms with Crippen molar-refractivity contribution in [2.75, 3.05) is 18.4 Å². The number of benzene rings is 1. The predicted octanol–water partition coefficient (Wildman–Crippen LogP) is 4.94. The maximum absolute atomic E-state index is 12.9. The molecule has 3 aromatic heterocycles. The lowest BCUT2D eigenvalue weighted by atomic mass is 10.0. The maximum atomic E-state index is 12.9. The van der Waals surface area contributed by atoms with Crippen molar-refractivity contribution in [3.8, 4) is 11.3 Å². The number of aromatic nitrogens is 3. The molecule has 0 aliphatic heterocycles. The Morgan fingerprint density at radius 1 is 0.970 bits per heavy atom. The van der Waals surface area contributed by atoms with Crippen LogP contribution in [0.1, 0.15) is 22.3 Å². The van der Waals surface area contributed by atoms with E-state index >= 15 is 0 Å². The van der Waals surface area contributed by atoms with E-state index < -0.39 is 11.7 Å². The third kappa shape index (κ3) is 5.43. The number of fused-ring (bicyclic) bond motifs is 1. The highest BCUT2D eigenvalue weighted by Gasteiger charge is 2.30. The van der Waals surface area contributed by atoms with Gasteiger partial charge in [0.25, 0.3) is 5.91 Å². The highest BCUT2D eigenvalue weighted by Crippen LogP contribution is 2.29. The number of para-hydroxylation sites is 1. The van der Waals surface area contributed by atoms with Crippen molar-refractivity contribution in [3.05, 3.63) is 84.3 Å². The molecule has 0 atom stereocenters. The molecule has 4 aromatic rings. The van der Waals surface area contributed by atoms with Gasteiger partial charge in [0.1, 0.15) is 5.82 Å². The van der Waals surface area contributed by atoms with E-state index in [0.717, 1.165) is 23.2 Å². The van der Waals surface area contributed by atoms with Crippen molar-refractivity contribution in [2.45, 2.75) is 12.6 Å². The van der Waals surface area contributed by atoms with E-state index in [0.29, 0.717) is 42.1 Å². The van der Waals surface area contributed by atoms with Gasteiger partial charge in [-0.1, -0.05) is 18.2 Å². The first-order chi connectivity index (χ1) is 15.9. The summed E-state index contributed by atoms with van der Waals surface area (Å²) in [5, 5.41) is 6.60. The molecule has 0 aliphatic carbocycles. The molecular weight excluding hydrogens is 431 g/mol. The number of alkyl halides is 3. The largest absolute Gasteiger partial charge is 0.417 e. The molecule has 1 amide bonds. The first-order valence-electron chi connectivity index (χ1n) is 10.3. The Morgan fingerprint density at radius 2 is 1.76 bits per heavy atom. The Balaban J connectivity index is 1.38. The van der Waals surface area contributed by atoms with Gasteiger partial charge in [0.05, 0.1) is 22.3 Å². The Bertz CT molecular complexity index is 1240. The number of pyridine rings is 3. The minimum atomic E-state index is -4.41. The van der Waals surface area contributed by atoms with Gasteiger partial charge in [-0.15, -0.1) is 0 Å². The zero-order valence-corrected chi connectivity index (χ0v) is 17.4. The first kappa shape index (κ1) is 22.2. The molecule has 6 nitrogen and oxygen atoms in total. The summed E-state index contributed by atoms with van der Waals surface area (Å²) in [5.41, 5.74) is 1.97. The van der Waals surface area contributed by atoms with E-state index in [1.807, 2.05) is 36.4 Å². The zero-order chi connectivity index (χ0) is 23.3. The second-order valence-electron chi connectivity index (χ2n) is 7.27. The van der Waals surface area contributed by atoms with Gasteiger partial charge in [-0.2, -0.15) is 13.2 Å². The Kier molecular flexibility index (Phi) is 6.48. The molecule has 0 saturated carbocycles. The minimum Gasteiger partial charge on any atom is -0.370 e. The van der Waals surface area contributed by atoms with Gasteiger partial charge >= 0.3 is 6.18 Å². The summed E-state index contributed by atoms with van der Waals surface area (Å²) in [6.07, 6.45) is 0.285. The van der Waals surface area contributed by atoms with Crippen LogP contribution in [-0.4, -0.2) is 33.9 Å². The van der Waals surface area contributed by atoms with Crippen molar-refractivity contribution in [3.63, 3.8) is 0 Å². The first-order valence-corrected chi connectivity index (χ1v) is 10.3. The number of nitrogens with one attached hydrogen (secondary N) is 2. The van der Waals surface area contributed by atoms with E-state index in [-0.39, 0.29) is 5.91 Å². The monoisotopic (exact) mass is 451 g/mol. The molecule has 1 aromatic carbocycles. The second kappa shape index (κ2) is 9.64. The topological polar surface area (TPSA) is 79.8 Å². The summed E-state index contributed by atoms with van der Waals surface area (Å²) in [6, 6.07) is 15.1. The van der Waals surface area contributed by atoms with Crippen LogP contribution >= 0.6 is 0 Å². The molecule has 4 rings (SSSR count). The quantitative estimate of drug-likeness (QED) is 0.389. The highest BCUT2D eigenvalue weighted by atomic mass is 19.4. The van der Waals surface area contributed by atoms with Gasteiger partial charge < -0.3 is 10.6 Å². The van der Waals surface area contributed by atoms with Crippen LogP contribution in [0, 0.1) is 0 Å². The van der Waals surface area contributed by atoms with Gasteiger partial charge in [0.2, 0.25) is 0 Å². The minimum absolute atomic E-state index is 0.225. The van der Waals surface area contributed by atoms with E-state index in [1.54, 1.807) is 18.5 Å². The third-order valence-electron chi connectivity index (χ3n) is 4.97. The number of halogens is 3. The van der Waals surface area contributed by atoms with E-state index in [1.165, 1.54) is 6.07 Å². The molecule has 33 heavy (non-hydrogen) atoms. The average molecular weight is 451 g/mol. The predicted molar refractivity (Wildman–Crippen MR) is 120 cm³/mol. The molecule has 0 radical (unpaired) electrons. The van der Waals surface area contributed by atoms with Crippen molar-refractivity contribution < 1.29 is 18.0 Å². The van der Waals surface area contributed by atoms with Crippen LogP contribution in [0.5, 0.6) is 0 Å². The van der Waals surface area contributed by atoms with Crippen molar-refractivity contribution in [1.29, 1.82) is 0 Å². The fourth-order valence-electron chi connectivity index (χ4n) is 3.30. The van der Waals surface area contributed by atoms with Crippen LogP contribution in [0.3, 0.4) is 0 Å². The van der Waals surface area contributed by atoms with Gasteiger partial charge in [0.15, 0.2) is 0 Å². The Morgan fingerprint density at radius 3 is 2.48 bits per heavy atom. The van der Waals surface area contributed by atoms with Crippen molar-refractivity contribution in [1.82, 2.24) is 20.3 Å². The highest BCUT2D eigenvalue weighted by molar-refractivity contribution is 6.07. The number of rotatable bonds is 7. The molecule has 0 fully saturated rings. The maximum Gasteiger partial charge on any atom is 0.417 e. The zero-order valence-electron chi connectivity index (χ0n) is 17.4. The number of amides is 1. The Hall–Kier alpha value is -4.01. The summed E-state index contributed by atoms with van der Waals surface area (Å²) in [6.45, 7) is 0.825. The standard InChI is InChI=1S/C24H20F3N5O/c25-24(26,27)17-6-7-22(31-15-17)29-10-3-11-30-23(33)19-14-21(16-8-12-28-13-9-16)32-20-5-2-1-4-18(19)20/h1-2,4-9,12-15H,3,10-11H2,(H,29,31)(H,30,33). The lowest BCUT2D eigenvalue weighted by molar-refractivity contribution is -0.137. The van der Waals surface area contributed by atoms with Gasteiger partial charge in [-0.05, 0) is 42.8 Å². The average Bonchev–Trinajstić information content (AvgIpc) is 2.83. The third-order valence-corrected chi connectivity index (χ3v) is 4.97. The number of hydrogen-bond acceptors (Lipinski definition) is 5. The summed E-state index contributed by atoms with van der Waals surface area (Å²) < 4.78 is 37.8. The van der Waals surface area contributed by atoms with Crippen LogP contribution in [0.2, 0.25) is 0 Å². The second-order valence-corrected chi connectivity index (χ2v) is 7.27. The molecular formula is C24H20F3N5O. The molecule has 0 unspecified atom stereocenters. The lowest BCUT2D eigenvalue weighted by Gasteiger charge is -2.11. The molecule has 9 heteroatoms. The van der Waals surface area contributed by atoms with Crippen molar-refractivity contribution in [2.24, 2.45) is 0 Å². The van der Waals surface area contributed by atoms with E-state index in [2.05, 4.69) is 25.6 Å².